The van der Waals surface area contributed by atoms with Crippen molar-refractivity contribution in [3.05, 3.63) is 72.1 Å². The number of piperazine rings is 1. The zero-order valence-corrected chi connectivity index (χ0v) is 19.3. The number of nitrogens with one attached hydrogen (secondary N) is 1. The summed E-state index contributed by atoms with van der Waals surface area (Å²) in [5, 5.41) is 4.69. The van der Waals surface area contributed by atoms with Crippen LogP contribution in [0.15, 0.2) is 76.3 Å². The predicted molar refractivity (Wildman–Crippen MR) is 126 cm³/mol. The molecule has 7 nitrogen and oxygen atoms in total. The minimum Gasteiger partial charge on any atom is -0.457 e. The number of nitrogens with zero attached hydrogens (tertiary/aromatic N) is 2. The Morgan fingerprint density at radius 1 is 0.938 bits per heavy atom. The van der Waals surface area contributed by atoms with Gasteiger partial charge in [0, 0.05) is 31.9 Å². The number of carbonyl (C=O) groups is 1. The van der Waals surface area contributed by atoms with Crippen LogP contribution in [0.4, 0.5) is 5.69 Å². The average Bonchev–Trinajstić information content (AvgIpc) is 3.37. The maximum atomic E-state index is 12.7. The van der Waals surface area contributed by atoms with Gasteiger partial charge in [-0.1, -0.05) is 24.3 Å². The summed E-state index contributed by atoms with van der Waals surface area (Å²) in [7, 11) is -3.45. The second kappa shape index (κ2) is 9.83. The van der Waals surface area contributed by atoms with Crippen molar-refractivity contribution in [3.8, 4) is 11.5 Å². The molecule has 9 heteroatoms. The number of carbonyl (C=O) groups excluding carboxylic acids is 1. The first kappa shape index (κ1) is 22.5. The molecule has 4 rings (SSSR count). The number of hydrogen-bond donors (Lipinski definition) is 1. The van der Waals surface area contributed by atoms with E-state index in [0.29, 0.717) is 41.8 Å². The van der Waals surface area contributed by atoms with Crippen molar-refractivity contribution in [1.29, 1.82) is 0 Å². The first-order valence-electron chi connectivity index (χ1n) is 10.3. The Kier molecular flexibility index (Phi) is 6.90. The molecule has 168 valence electrons. The molecule has 2 heterocycles. The van der Waals surface area contributed by atoms with Crippen molar-refractivity contribution >= 4 is 33.0 Å². The highest BCUT2D eigenvalue weighted by Crippen LogP contribution is 2.24. The number of hydrogen-bond acceptors (Lipinski definition) is 6. The van der Waals surface area contributed by atoms with Crippen LogP contribution in [-0.4, -0.2) is 55.8 Å². The Labute approximate surface area is 192 Å². The predicted octanol–water partition coefficient (Wildman–Crippen LogP) is 3.87. The number of anilines is 1. The summed E-state index contributed by atoms with van der Waals surface area (Å²) in [6.45, 7) is 3.57. The molecule has 3 aromatic rings. The van der Waals surface area contributed by atoms with Gasteiger partial charge in [0.25, 0.3) is 10.0 Å². The zero-order valence-electron chi connectivity index (χ0n) is 17.7. The zero-order chi connectivity index (χ0) is 22.6. The van der Waals surface area contributed by atoms with Crippen LogP contribution in [0.25, 0.3) is 0 Å². The summed E-state index contributed by atoms with van der Waals surface area (Å²) in [6, 6.07) is 19.7. The summed E-state index contributed by atoms with van der Waals surface area (Å²) in [5.41, 5.74) is 0.682. The summed E-state index contributed by atoms with van der Waals surface area (Å²) in [4.78, 5) is 14.7. The van der Waals surface area contributed by atoms with Crippen molar-refractivity contribution < 1.29 is 17.9 Å². The number of ether oxygens (including phenoxy) is 1. The third-order valence-electron chi connectivity index (χ3n) is 5.39. The number of sulfonamides is 1. The molecule has 32 heavy (non-hydrogen) atoms. The van der Waals surface area contributed by atoms with Gasteiger partial charge < -0.3 is 10.1 Å². The molecule has 1 aromatic heterocycles. The first-order chi connectivity index (χ1) is 15.4. The van der Waals surface area contributed by atoms with Gasteiger partial charge in [-0.3, -0.25) is 9.69 Å². The van der Waals surface area contributed by atoms with Crippen LogP contribution in [0.3, 0.4) is 0 Å². The normalized spacial score (nSPS) is 16.4. The van der Waals surface area contributed by atoms with Crippen LogP contribution in [-0.2, 0) is 14.8 Å². The van der Waals surface area contributed by atoms with Gasteiger partial charge in [0.05, 0.1) is 6.04 Å². The Morgan fingerprint density at radius 2 is 1.59 bits per heavy atom. The van der Waals surface area contributed by atoms with E-state index in [1.165, 1.54) is 15.6 Å². The van der Waals surface area contributed by atoms with Gasteiger partial charge in [-0.15, -0.1) is 11.3 Å². The number of para-hydroxylation sites is 1. The van der Waals surface area contributed by atoms with E-state index in [2.05, 4.69) is 5.32 Å². The second-order valence-electron chi connectivity index (χ2n) is 7.48. The summed E-state index contributed by atoms with van der Waals surface area (Å²) in [5.74, 6) is 1.31. The van der Waals surface area contributed by atoms with E-state index in [4.69, 9.17) is 4.74 Å². The van der Waals surface area contributed by atoms with Crippen molar-refractivity contribution in [2.24, 2.45) is 0 Å². The molecule has 1 aliphatic rings. The number of rotatable bonds is 7. The molecule has 0 saturated carbocycles. The van der Waals surface area contributed by atoms with Gasteiger partial charge in [0.15, 0.2) is 0 Å². The highest BCUT2D eigenvalue weighted by atomic mass is 32.2. The highest BCUT2D eigenvalue weighted by molar-refractivity contribution is 7.91. The molecule has 0 aliphatic carbocycles. The van der Waals surface area contributed by atoms with Crippen LogP contribution in [0.2, 0.25) is 0 Å². The van der Waals surface area contributed by atoms with Gasteiger partial charge in [0.2, 0.25) is 5.91 Å². The molecule has 1 aliphatic heterocycles. The van der Waals surface area contributed by atoms with E-state index in [9.17, 15) is 13.2 Å². The van der Waals surface area contributed by atoms with Crippen molar-refractivity contribution in [1.82, 2.24) is 9.21 Å². The molecule has 2 aromatic carbocycles. The minimum absolute atomic E-state index is 0.128. The lowest BCUT2D eigenvalue weighted by Crippen LogP contribution is -2.53. The molecule has 1 fully saturated rings. The molecular weight excluding hydrogens is 446 g/mol. The van der Waals surface area contributed by atoms with Gasteiger partial charge in [0.1, 0.15) is 15.7 Å². The van der Waals surface area contributed by atoms with Crippen LogP contribution >= 0.6 is 11.3 Å². The van der Waals surface area contributed by atoms with Gasteiger partial charge in [-0.25, -0.2) is 8.42 Å². The standard InChI is InChI=1S/C23H25N3O4S2/c1-18(25-13-15-26(16-14-25)32(28,29)22-8-5-17-31-22)23(27)24-19-9-11-21(12-10-19)30-20-6-3-2-4-7-20/h2-12,17-18H,13-16H2,1H3,(H,24,27)/t18-/m1/s1. The molecule has 0 spiro atoms. The molecule has 1 atom stereocenters. The van der Waals surface area contributed by atoms with Crippen LogP contribution in [0, 0.1) is 0 Å². The molecule has 0 unspecified atom stereocenters. The number of amides is 1. The molecule has 1 saturated heterocycles. The Morgan fingerprint density at radius 3 is 2.22 bits per heavy atom. The minimum atomic E-state index is -3.45. The summed E-state index contributed by atoms with van der Waals surface area (Å²) >= 11 is 1.22. The number of benzene rings is 2. The third-order valence-corrected chi connectivity index (χ3v) is 8.66. The lowest BCUT2D eigenvalue weighted by Gasteiger charge is -2.36. The van der Waals surface area contributed by atoms with Crippen molar-refractivity contribution in [2.45, 2.75) is 17.2 Å². The molecule has 1 N–H and O–H groups in total. The van der Waals surface area contributed by atoms with E-state index < -0.39 is 10.0 Å². The van der Waals surface area contributed by atoms with E-state index in [0.717, 1.165) is 5.75 Å². The molecule has 1 amide bonds. The average molecular weight is 472 g/mol. The smallest absolute Gasteiger partial charge is 0.252 e. The van der Waals surface area contributed by atoms with Crippen molar-refractivity contribution in [2.75, 3.05) is 31.5 Å². The Hall–Kier alpha value is -2.72. The summed E-state index contributed by atoms with van der Waals surface area (Å²) in [6.07, 6.45) is 0. The van der Waals surface area contributed by atoms with E-state index >= 15 is 0 Å². The molecule has 0 radical (unpaired) electrons. The fraction of sp³-hybridized carbons (Fsp3) is 0.261. The summed E-state index contributed by atoms with van der Waals surface area (Å²) < 4.78 is 33.0. The fourth-order valence-corrected chi connectivity index (χ4v) is 6.08. The van der Waals surface area contributed by atoms with E-state index in [-0.39, 0.29) is 11.9 Å². The van der Waals surface area contributed by atoms with Crippen LogP contribution in [0.5, 0.6) is 11.5 Å². The van der Waals surface area contributed by atoms with Gasteiger partial charge in [-0.2, -0.15) is 4.31 Å². The SMILES string of the molecule is C[C@H](C(=O)Nc1ccc(Oc2ccccc2)cc1)N1CCN(S(=O)(=O)c2cccs2)CC1. The Balaban J connectivity index is 1.30. The third kappa shape index (κ3) is 5.18. The van der Waals surface area contributed by atoms with Crippen LogP contribution < -0.4 is 10.1 Å². The van der Waals surface area contributed by atoms with Gasteiger partial charge in [-0.05, 0) is 54.8 Å². The first-order valence-corrected chi connectivity index (χ1v) is 12.7. The Bertz CT molecular complexity index is 1130. The quantitative estimate of drug-likeness (QED) is 0.566. The largest absolute Gasteiger partial charge is 0.457 e. The van der Waals surface area contributed by atoms with E-state index in [1.807, 2.05) is 54.3 Å². The van der Waals surface area contributed by atoms with Crippen LogP contribution in [0.1, 0.15) is 6.92 Å². The lowest BCUT2D eigenvalue weighted by atomic mass is 10.2. The van der Waals surface area contributed by atoms with E-state index in [1.54, 1.807) is 29.6 Å². The monoisotopic (exact) mass is 471 g/mol. The number of thiophene rings is 1. The maximum Gasteiger partial charge on any atom is 0.252 e. The lowest BCUT2D eigenvalue weighted by molar-refractivity contribution is -0.121. The second-order valence-corrected chi connectivity index (χ2v) is 10.6. The highest BCUT2D eigenvalue weighted by Gasteiger charge is 2.32. The topological polar surface area (TPSA) is 79.0 Å². The molecular formula is C23H25N3O4S2. The molecule has 0 bridgehead atoms. The fourth-order valence-electron chi connectivity index (χ4n) is 3.51. The maximum absolute atomic E-state index is 12.7. The van der Waals surface area contributed by atoms with Crippen molar-refractivity contribution in [3.63, 3.8) is 0 Å². The van der Waals surface area contributed by atoms with Gasteiger partial charge >= 0.3 is 0 Å².